The van der Waals surface area contributed by atoms with Gasteiger partial charge < -0.3 is 75.4 Å². The second kappa shape index (κ2) is 14.7. The van der Waals surface area contributed by atoms with Crippen LogP contribution in [0.15, 0.2) is 0 Å². The lowest BCUT2D eigenvalue weighted by Gasteiger charge is -2.49. The van der Waals surface area contributed by atoms with Crippen molar-refractivity contribution in [3.63, 3.8) is 0 Å². The summed E-state index contributed by atoms with van der Waals surface area (Å²) in [4.78, 5) is 47.3. The molecule has 0 spiro atoms. The number of carboxylic acid groups (broad SMARTS) is 1. The Hall–Kier alpha value is -2.56. The van der Waals surface area contributed by atoms with E-state index in [9.17, 15) is 54.9 Å². The van der Waals surface area contributed by atoms with E-state index in [1.807, 2.05) is 0 Å². The maximum atomic E-state index is 12.5. The molecule has 252 valence electrons. The number of hydrogen-bond donors (Lipinski definition) is 10. The third-order valence-electron chi connectivity index (χ3n) is 7.67. The summed E-state index contributed by atoms with van der Waals surface area (Å²) in [5.74, 6) is -5.76. The van der Waals surface area contributed by atoms with Crippen molar-refractivity contribution in [1.29, 1.82) is 0 Å². The van der Waals surface area contributed by atoms with E-state index in [0.29, 0.717) is 0 Å². The van der Waals surface area contributed by atoms with E-state index in [4.69, 9.17) is 23.7 Å². The van der Waals surface area contributed by atoms with Crippen LogP contribution in [0.3, 0.4) is 0 Å². The fourth-order valence-corrected chi connectivity index (χ4v) is 5.49. The maximum absolute atomic E-state index is 12.5. The number of aliphatic carboxylic acids is 1. The standard InChI is InChI=1S/C25H41N3O16/c1-8(30)14(26-7-29)20-15(27-10(3)31)12(33)5-25(44-20,24(38)39)43-13-6-40-23(19(36)18(13)35)42-21-16(28-11(4)32)22(37)41-9(2)17(21)34/h7-9,12-23,30,33-37H,5-6H2,1-4H3,(H,26,29)(H,27,31)(H,28,32)(H,38,39)/t8-,9-,12-,13-,14-,15-,16-,17+,18+,19-,20-,21-,22?,23+,25-/m1/s1. The molecule has 0 aromatic carbocycles. The van der Waals surface area contributed by atoms with Gasteiger partial charge in [-0.3, -0.25) is 14.4 Å². The summed E-state index contributed by atoms with van der Waals surface area (Å²) in [7, 11) is 0. The summed E-state index contributed by atoms with van der Waals surface area (Å²) in [6.45, 7) is 4.31. The van der Waals surface area contributed by atoms with Crippen LogP contribution >= 0.6 is 0 Å². The minimum absolute atomic E-state index is 0.205. The molecular weight excluding hydrogens is 598 g/mol. The molecule has 1 unspecified atom stereocenters. The highest BCUT2D eigenvalue weighted by Crippen LogP contribution is 2.36. The Bertz CT molecular complexity index is 1040. The van der Waals surface area contributed by atoms with E-state index in [1.165, 1.54) is 13.8 Å². The normalized spacial score (nSPS) is 42.4. The number of aliphatic hydroxyl groups is 6. The van der Waals surface area contributed by atoms with Crippen LogP contribution < -0.4 is 16.0 Å². The summed E-state index contributed by atoms with van der Waals surface area (Å²) in [5.41, 5.74) is 0. The quantitative estimate of drug-likeness (QED) is 0.0943. The summed E-state index contributed by atoms with van der Waals surface area (Å²) >= 11 is 0. The number of aliphatic hydroxyl groups excluding tert-OH is 6. The van der Waals surface area contributed by atoms with Crippen molar-refractivity contribution in [3.8, 4) is 0 Å². The molecular formula is C25H41N3O16. The molecule has 0 aromatic rings. The van der Waals surface area contributed by atoms with Gasteiger partial charge in [0.15, 0.2) is 12.6 Å². The molecule has 0 aromatic heterocycles. The Labute approximate surface area is 251 Å². The van der Waals surface area contributed by atoms with Crippen LogP contribution in [0.2, 0.25) is 0 Å². The van der Waals surface area contributed by atoms with Gasteiger partial charge in [0.05, 0.1) is 37.0 Å². The van der Waals surface area contributed by atoms with Crippen LogP contribution in [-0.2, 0) is 42.9 Å². The molecule has 0 radical (unpaired) electrons. The second-order valence-electron chi connectivity index (χ2n) is 11.1. The van der Waals surface area contributed by atoms with Crippen LogP contribution in [0, 0.1) is 0 Å². The van der Waals surface area contributed by atoms with Crippen LogP contribution in [0.4, 0.5) is 0 Å². The van der Waals surface area contributed by atoms with Crippen LogP contribution in [-0.4, -0.2) is 158 Å². The molecule has 3 heterocycles. The van der Waals surface area contributed by atoms with Crippen molar-refractivity contribution < 1.29 is 78.6 Å². The van der Waals surface area contributed by atoms with Crippen molar-refractivity contribution in [2.75, 3.05) is 6.61 Å². The van der Waals surface area contributed by atoms with Gasteiger partial charge in [-0.15, -0.1) is 0 Å². The summed E-state index contributed by atoms with van der Waals surface area (Å²) < 4.78 is 27.8. The molecule has 0 saturated carbocycles. The van der Waals surface area contributed by atoms with Crippen molar-refractivity contribution in [1.82, 2.24) is 16.0 Å². The molecule has 10 N–H and O–H groups in total. The number of rotatable bonds is 11. The van der Waals surface area contributed by atoms with E-state index in [0.717, 1.165) is 13.8 Å². The largest absolute Gasteiger partial charge is 0.477 e. The van der Waals surface area contributed by atoms with Gasteiger partial charge >= 0.3 is 5.97 Å². The number of carbonyl (C=O) groups is 4. The Morgan fingerprint density at radius 2 is 1.61 bits per heavy atom. The highest BCUT2D eigenvalue weighted by molar-refractivity contribution is 5.76. The van der Waals surface area contributed by atoms with Gasteiger partial charge in [0.2, 0.25) is 18.2 Å². The highest BCUT2D eigenvalue weighted by Gasteiger charge is 2.58. The molecule has 15 atom stereocenters. The van der Waals surface area contributed by atoms with E-state index in [-0.39, 0.29) is 6.41 Å². The van der Waals surface area contributed by atoms with Crippen LogP contribution in [0.1, 0.15) is 34.1 Å². The molecule has 0 aliphatic carbocycles. The van der Waals surface area contributed by atoms with Gasteiger partial charge in [0.1, 0.15) is 42.7 Å². The number of hydrogen-bond acceptors (Lipinski definition) is 15. The lowest BCUT2D eigenvalue weighted by atomic mass is 9.87. The summed E-state index contributed by atoms with van der Waals surface area (Å²) in [6.07, 6.45) is -17.8. The molecule has 3 fully saturated rings. The Morgan fingerprint density at radius 3 is 2.16 bits per heavy atom. The first-order valence-corrected chi connectivity index (χ1v) is 13.9. The summed E-state index contributed by atoms with van der Waals surface area (Å²) in [6, 6.07) is -3.96. The van der Waals surface area contributed by atoms with E-state index in [2.05, 4.69) is 16.0 Å². The lowest BCUT2D eigenvalue weighted by Crippen LogP contribution is -2.71. The highest BCUT2D eigenvalue weighted by atomic mass is 16.8. The molecule has 19 heteroatoms. The average molecular weight is 640 g/mol. The van der Waals surface area contributed by atoms with Gasteiger partial charge in [-0.05, 0) is 13.8 Å². The third-order valence-corrected chi connectivity index (χ3v) is 7.67. The monoisotopic (exact) mass is 639 g/mol. The molecule has 3 saturated heterocycles. The van der Waals surface area contributed by atoms with Crippen molar-refractivity contribution >= 4 is 24.2 Å². The van der Waals surface area contributed by atoms with Crippen LogP contribution in [0.5, 0.6) is 0 Å². The predicted molar refractivity (Wildman–Crippen MR) is 140 cm³/mol. The average Bonchev–Trinajstić information content (AvgIpc) is 2.92. The van der Waals surface area contributed by atoms with E-state index in [1.54, 1.807) is 0 Å². The Morgan fingerprint density at radius 1 is 1.00 bits per heavy atom. The first-order valence-electron chi connectivity index (χ1n) is 13.9. The van der Waals surface area contributed by atoms with Gasteiger partial charge in [0, 0.05) is 20.3 Å². The topological polar surface area (TPSA) is 292 Å². The number of amides is 3. The smallest absolute Gasteiger partial charge is 0.364 e. The van der Waals surface area contributed by atoms with Gasteiger partial charge in [-0.1, -0.05) is 0 Å². The fraction of sp³-hybridized carbons (Fsp3) is 0.840. The minimum atomic E-state index is -2.74. The third kappa shape index (κ3) is 7.80. The molecule has 3 aliphatic rings. The maximum Gasteiger partial charge on any atom is 0.364 e. The Kier molecular flexibility index (Phi) is 12.0. The Balaban J connectivity index is 1.83. The first-order chi connectivity index (χ1) is 20.5. The second-order valence-corrected chi connectivity index (χ2v) is 11.1. The predicted octanol–water partition coefficient (Wildman–Crippen LogP) is -5.63. The first kappa shape index (κ1) is 35.9. The molecule has 0 bridgehead atoms. The van der Waals surface area contributed by atoms with Gasteiger partial charge in [-0.2, -0.15) is 0 Å². The number of carboxylic acids is 1. The van der Waals surface area contributed by atoms with Crippen molar-refractivity contribution in [2.45, 2.75) is 126 Å². The molecule has 3 rings (SSSR count). The molecule has 3 aliphatic heterocycles. The fourth-order valence-electron chi connectivity index (χ4n) is 5.49. The number of carbonyl (C=O) groups excluding carboxylic acids is 3. The molecule has 44 heavy (non-hydrogen) atoms. The molecule has 3 amide bonds. The summed E-state index contributed by atoms with van der Waals surface area (Å²) in [5, 5.41) is 81.1. The SMILES string of the molecule is CC(=O)N[C@H]1[C@@H]([C@H](NC=O)[C@@H](C)O)O[C@@](O[C@@H]2CO[C@@H](O[C@H]3[C@@H](O)[C@@H](C)OC(O)[C@@H]3NC(C)=O)[C@H](O)[C@H]2O)(C(=O)O)C[C@H]1O. The van der Waals surface area contributed by atoms with Crippen molar-refractivity contribution in [2.24, 2.45) is 0 Å². The zero-order chi connectivity index (χ0) is 33.1. The van der Waals surface area contributed by atoms with E-state index >= 15 is 0 Å². The van der Waals surface area contributed by atoms with Crippen LogP contribution in [0.25, 0.3) is 0 Å². The minimum Gasteiger partial charge on any atom is -0.477 e. The number of ether oxygens (including phenoxy) is 5. The zero-order valence-electron chi connectivity index (χ0n) is 24.4. The number of nitrogens with one attached hydrogen (secondary N) is 3. The van der Waals surface area contributed by atoms with Gasteiger partial charge in [0.25, 0.3) is 5.79 Å². The van der Waals surface area contributed by atoms with Crippen molar-refractivity contribution in [3.05, 3.63) is 0 Å². The molecule has 19 nitrogen and oxygen atoms in total. The lowest BCUT2D eigenvalue weighted by molar-refractivity contribution is -0.359. The zero-order valence-corrected chi connectivity index (χ0v) is 24.4. The van der Waals surface area contributed by atoms with E-state index < -0.39 is 122 Å². The van der Waals surface area contributed by atoms with Gasteiger partial charge in [-0.25, -0.2) is 4.79 Å².